The van der Waals surface area contributed by atoms with E-state index in [1.165, 1.54) is 24.2 Å². The average molecular weight is 273 g/mol. The van der Waals surface area contributed by atoms with Gasteiger partial charge in [-0.05, 0) is 39.2 Å². The minimum Gasteiger partial charge on any atom is -0.333 e. The molecule has 20 heavy (non-hydrogen) atoms. The van der Waals surface area contributed by atoms with Crippen molar-refractivity contribution < 1.29 is 0 Å². The molecule has 0 bridgehead atoms. The molecule has 0 aromatic carbocycles. The molecule has 0 aliphatic heterocycles. The summed E-state index contributed by atoms with van der Waals surface area (Å²) in [4.78, 5) is 4.27. The highest BCUT2D eigenvalue weighted by Crippen LogP contribution is 2.19. The van der Waals surface area contributed by atoms with Gasteiger partial charge in [0.2, 0.25) is 0 Å². The summed E-state index contributed by atoms with van der Waals surface area (Å²) >= 11 is 0. The quantitative estimate of drug-likeness (QED) is 0.840. The molecule has 2 aromatic rings. The monoisotopic (exact) mass is 273 g/mol. The Kier molecular flexibility index (Phi) is 3.87. The summed E-state index contributed by atoms with van der Waals surface area (Å²) in [7, 11) is 0. The van der Waals surface area contributed by atoms with E-state index in [1.807, 2.05) is 19.4 Å². The highest BCUT2D eigenvalue weighted by molar-refractivity contribution is 5.06. The molecule has 1 N–H and O–H groups in total. The van der Waals surface area contributed by atoms with Crippen LogP contribution in [0.1, 0.15) is 36.3 Å². The molecule has 0 radical (unpaired) electrons. The van der Waals surface area contributed by atoms with E-state index in [1.54, 1.807) is 0 Å². The Morgan fingerprint density at radius 2 is 2.15 bits per heavy atom. The topological polar surface area (TPSA) is 47.7 Å². The highest BCUT2D eigenvalue weighted by Gasteiger charge is 2.20. The number of rotatable bonds is 7. The molecular formula is C15H23N5. The first-order valence-electron chi connectivity index (χ1n) is 7.46. The fourth-order valence-electron chi connectivity index (χ4n) is 2.53. The van der Waals surface area contributed by atoms with E-state index in [4.69, 9.17) is 0 Å². The number of aryl methyl sites for hydroxylation is 4. The molecule has 5 nitrogen and oxygen atoms in total. The third-order valence-electron chi connectivity index (χ3n) is 3.82. The zero-order chi connectivity index (χ0) is 13.9. The Labute approximate surface area is 120 Å². The Hall–Kier alpha value is -1.62. The molecule has 0 saturated heterocycles. The van der Waals surface area contributed by atoms with Crippen LogP contribution < -0.4 is 5.32 Å². The van der Waals surface area contributed by atoms with E-state index in [0.29, 0.717) is 0 Å². The number of aromatic nitrogens is 4. The van der Waals surface area contributed by atoms with E-state index >= 15 is 0 Å². The van der Waals surface area contributed by atoms with Gasteiger partial charge in [0.25, 0.3) is 0 Å². The highest BCUT2D eigenvalue weighted by atomic mass is 15.3. The fourth-order valence-corrected chi connectivity index (χ4v) is 2.53. The van der Waals surface area contributed by atoms with Gasteiger partial charge in [0.05, 0.1) is 17.7 Å². The lowest BCUT2D eigenvalue weighted by Gasteiger charge is -2.09. The second-order valence-electron chi connectivity index (χ2n) is 5.74. The predicted octanol–water partition coefficient (Wildman–Crippen LogP) is 2.04. The minimum atomic E-state index is 0.744. The summed E-state index contributed by atoms with van der Waals surface area (Å²) in [6.45, 7) is 7.06. The van der Waals surface area contributed by atoms with Gasteiger partial charge in [-0.25, -0.2) is 4.98 Å². The first kappa shape index (κ1) is 13.4. The molecule has 5 heteroatoms. The van der Waals surface area contributed by atoms with Crippen LogP contribution in [-0.4, -0.2) is 25.4 Å². The van der Waals surface area contributed by atoms with Crippen molar-refractivity contribution in [1.29, 1.82) is 0 Å². The molecule has 3 rings (SSSR count). The average Bonchev–Trinajstić information content (AvgIpc) is 3.05. The summed E-state index contributed by atoms with van der Waals surface area (Å²) in [5, 5.41) is 8.04. The SMILES string of the molecule is Cc1cc(C)n(CCCn2cncc2CNC2CC2)n1. The molecule has 1 aliphatic rings. The summed E-state index contributed by atoms with van der Waals surface area (Å²) in [5.41, 5.74) is 3.62. The minimum absolute atomic E-state index is 0.744. The molecule has 1 saturated carbocycles. The molecule has 2 heterocycles. The first-order valence-corrected chi connectivity index (χ1v) is 7.46. The van der Waals surface area contributed by atoms with Crippen molar-refractivity contribution in [1.82, 2.24) is 24.6 Å². The summed E-state index contributed by atoms with van der Waals surface area (Å²) in [6, 6.07) is 2.87. The molecule has 1 fully saturated rings. The maximum absolute atomic E-state index is 4.50. The van der Waals surface area contributed by atoms with Crippen LogP contribution in [0.3, 0.4) is 0 Å². The third-order valence-corrected chi connectivity index (χ3v) is 3.82. The van der Waals surface area contributed by atoms with Gasteiger partial charge in [-0.2, -0.15) is 5.10 Å². The van der Waals surface area contributed by atoms with Crippen LogP contribution >= 0.6 is 0 Å². The largest absolute Gasteiger partial charge is 0.333 e. The van der Waals surface area contributed by atoms with Gasteiger partial charge in [-0.3, -0.25) is 4.68 Å². The van der Waals surface area contributed by atoms with Crippen LogP contribution in [0.2, 0.25) is 0 Å². The van der Waals surface area contributed by atoms with Crippen molar-refractivity contribution in [2.45, 2.75) is 58.8 Å². The van der Waals surface area contributed by atoms with Crippen molar-refractivity contribution >= 4 is 0 Å². The van der Waals surface area contributed by atoms with Crippen molar-refractivity contribution in [3.8, 4) is 0 Å². The van der Waals surface area contributed by atoms with E-state index in [0.717, 1.165) is 37.8 Å². The molecule has 2 aromatic heterocycles. The second kappa shape index (κ2) is 5.79. The van der Waals surface area contributed by atoms with Gasteiger partial charge in [0.1, 0.15) is 0 Å². The number of nitrogens with zero attached hydrogens (tertiary/aromatic N) is 4. The molecule has 0 spiro atoms. The van der Waals surface area contributed by atoms with Gasteiger partial charge in [-0.15, -0.1) is 0 Å². The molecule has 1 aliphatic carbocycles. The summed E-state index contributed by atoms with van der Waals surface area (Å²) < 4.78 is 4.34. The van der Waals surface area contributed by atoms with Crippen molar-refractivity contribution in [3.05, 3.63) is 35.7 Å². The van der Waals surface area contributed by atoms with Gasteiger partial charge in [-0.1, -0.05) is 0 Å². The van der Waals surface area contributed by atoms with Crippen molar-refractivity contribution in [2.75, 3.05) is 0 Å². The van der Waals surface area contributed by atoms with Crippen LogP contribution in [0.5, 0.6) is 0 Å². The van der Waals surface area contributed by atoms with E-state index in [9.17, 15) is 0 Å². The normalized spacial score (nSPS) is 14.9. The molecule has 108 valence electrons. The molecular weight excluding hydrogens is 250 g/mol. The van der Waals surface area contributed by atoms with Gasteiger partial charge in [0, 0.05) is 37.6 Å². The summed E-state index contributed by atoms with van der Waals surface area (Å²) in [5.74, 6) is 0. The third kappa shape index (κ3) is 3.28. The Balaban J connectivity index is 1.50. The first-order chi connectivity index (χ1) is 9.72. The standard InChI is InChI=1S/C15H23N5/c1-12-8-13(2)20(18-12)7-3-6-19-11-16-9-15(19)10-17-14-4-5-14/h8-9,11,14,17H,3-7,10H2,1-2H3. The maximum Gasteiger partial charge on any atom is 0.0948 e. The van der Waals surface area contributed by atoms with Gasteiger partial charge < -0.3 is 9.88 Å². The van der Waals surface area contributed by atoms with E-state index < -0.39 is 0 Å². The van der Waals surface area contributed by atoms with Gasteiger partial charge in [0.15, 0.2) is 0 Å². The molecule has 0 unspecified atom stereocenters. The summed E-state index contributed by atoms with van der Waals surface area (Å²) in [6.07, 6.45) is 7.64. The maximum atomic E-state index is 4.50. The van der Waals surface area contributed by atoms with E-state index in [2.05, 4.69) is 37.6 Å². The van der Waals surface area contributed by atoms with Crippen molar-refractivity contribution in [3.63, 3.8) is 0 Å². The lowest BCUT2D eigenvalue weighted by atomic mass is 10.3. The zero-order valence-corrected chi connectivity index (χ0v) is 12.3. The van der Waals surface area contributed by atoms with Crippen molar-refractivity contribution in [2.24, 2.45) is 0 Å². The Morgan fingerprint density at radius 1 is 1.30 bits per heavy atom. The lowest BCUT2D eigenvalue weighted by Crippen LogP contribution is -2.18. The van der Waals surface area contributed by atoms with Crippen LogP contribution in [-0.2, 0) is 19.6 Å². The van der Waals surface area contributed by atoms with Crippen LogP contribution in [0.4, 0.5) is 0 Å². The zero-order valence-electron chi connectivity index (χ0n) is 12.3. The fraction of sp³-hybridized carbons (Fsp3) is 0.600. The second-order valence-corrected chi connectivity index (χ2v) is 5.74. The number of imidazole rings is 1. The van der Waals surface area contributed by atoms with Crippen LogP contribution in [0, 0.1) is 13.8 Å². The van der Waals surface area contributed by atoms with Crippen LogP contribution in [0.15, 0.2) is 18.6 Å². The Morgan fingerprint density at radius 3 is 2.85 bits per heavy atom. The molecule has 0 amide bonds. The molecule has 0 atom stereocenters. The predicted molar refractivity (Wildman–Crippen MR) is 78.4 cm³/mol. The Bertz CT molecular complexity index is 565. The number of nitrogens with one attached hydrogen (secondary N) is 1. The smallest absolute Gasteiger partial charge is 0.0948 e. The van der Waals surface area contributed by atoms with Gasteiger partial charge >= 0.3 is 0 Å². The number of hydrogen-bond acceptors (Lipinski definition) is 3. The number of hydrogen-bond donors (Lipinski definition) is 1. The van der Waals surface area contributed by atoms with Crippen LogP contribution in [0.25, 0.3) is 0 Å². The van der Waals surface area contributed by atoms with E-state index in [-0.39, 0.29) is 0 Å². The lowest BCUT2D eigenvalue weighted by molar-refractivity contribution is 0.503.